The van der Waals surface area contributed by atoms with E-state index in [1.807, 2.05) is 0 Å². The first kappa shape index (κ1) is 18.8. The van der Waals surface area contributed by atoms with Gasteiger partial charge in [-0.25, -0.2) is 0 Å². The summed E-state index contributed by atoms with van der Waals surface area (Å²) in [6.45, 7) is -0.0614. The Morgan fingerprint density at radius 3 is 2.65 bits per heavy atom. The molecule has 0 atom stereocenters. The molecular weight excluding hydrogens is 360 g/mol. The summed E-state index contributed by atoms with van der Waals surface area (Å²) in [5.74, 6) is -2.07. The molecule has 132 valence electrons. The summed E-state index contributed by atoms with van der Waals surface area (Å²) in [7, 11) is 0. The molecule has 26 heavy (non-hydrogen) atoms. The molecule has 0 aliphatic rings. The van der Waals surface area contributed by atoms with E-state index in [0.29, 0.717) is 16.5 Å². The van der Waals surface area contributed by atoms with Crippen LogP contribution in [0.25, 0.3) is 6.08 Å². The molecule has 4 N–H and O–H groups in total. The van der Waals surface area contributed by atoms with Crippen molar-refractivity contribution < 1.29 is 18.8 Å². The average molecular weight is 373 g/mol. The van der Waals surface area contributed by atoms with E-state index < -0.39 is 17.7 Å². The highest BCUT2D eigenvalue weighted by atomic mass is 35.5. The zero-order chi connectivity index (χ0) is 19.1. The molecule has 0 saturated heterocycles. The second kappa shape index (κ2) is 8.50. The zero-order valence-electron chi connectivity index (χ0n) is 13.3. The molecule has 2 rings (SSSR count). The number of nitrogens with one attached hydrogen (secondary N) is 2. The number of benzene rings is 1. The number of nitrogens with zero attached hydrogens (tertiary/aromatic N) is 1. The largest absolute Gasteiger partial charge is 0.460 e. The molecule has 0 fully saturated rings. The smallest absolute Gasteiger partial charge is 0.313 e. The van der Waals surface area contributed by atoms with Crippen molar-refractivity contribution in [1.29, 1.82) is 5.26 Å². The minimum atomic E-state index is -0.878. The van der Waals surface area contributed by atoms with Gasteiger partial charge in [-0.1, -0.05) is 17.7 Å². The first-order valence-electron chi connectivity index (χ1n) is 7.24. The van der Waals surface area contributed by atoms with Crippen molar-refractivity contribution in [2.24, 2.45) is 5.73 Å². The van der Waals surface area contributed by atoms with Crippen molar-refractivity contribution in [3.05, 3.63) is 58.5 Å². The molecule has 0 unspecified atom stereocenters. The molecule has 0 bridgehead atoms. The topological polar surface area (TPSA) is 138 Å². The van der Waals surface area contributed by atoms with E-state index in [9.17, 15) is 14.4 Å². The van der Waals surface area contributed by atoms with E-state index in [4.69, 9.17) is 27.0 Å². The minimum Gasteiger partial charge on any atom is -0.460 e. The number of rotatable bonds is 5. The van der Waals surface area contributed by atoms with Crippen LogP contribution in [0, 0.1) is 11.3 Å². The van der Waals surface area contributed by atoms with Crippen molar-refractivity contribution >= 4 is 41.1 Å². The number of amides is 3. The number of nitrogens with two attached hydrogens (primary N) is 1. The van der Waals surface area contributed by atoms with Gasteiger partial charge < -0.3 is 20.8 Å². The summed E-state index contributed by atoms with van der Waals surface area (Å²) in [5, 5.41) is 14.0. The Morgan fingerprint density at radius 2 is 2.00 bits per heavy atom. The van der Waals surface area contributed by atoms with Gasteiger partial charge in [0.05, 0.1) is 6.54 Å². The summed E-state index contributed by atoms with van der Waals surface area (Å²) in [5.41, 5.74) is 5.14. The number of primary amides is 1. The average Bonchev–Trinajstić information content (AvgIpc) is 3.04. The third kappa shape index (κ3) is 5.22. The first-order valence-corrected chi connectivity index (χ1v) is 7.62. The van der Waals surface area contributed by atoms with Crippen LogP contribution in [0.15, 0.2) is 46.4 Å². The number of anilines is 1. The minimum absolute atomic E-state index is 0.0614. The van der Waals surface area contributed by atoms with Gasteiger partial charge in [0.2, 0.25) is 0 Å². The lowest BCUT2D eigenvalue weighted by Crippen LogP contribution is -2.34. The van der Waals surface area contributed by atoms with Crippen molar-refractivity contribution in [3.8, 4) is 6.07 Å². The normalized spacial score (nSPS) is 10.7. The molecule has 1 aromatic heterocycles. The third-order valence-electron chi connectivity index (χ3n) is 3.07. The summed E-state index contributed by atoms with van der Waals surface area (Å²) >= 11 is 5.80. The van der Waals surface area contributed by atoms with Gasteiger partial charge in [0, 0.05) is 16.8 Å². The van der Waals surface area contributed by atoms with E-state index in [0.717, 1.165) is 0 Å². The number of halogens is 1. The van der Waals surface area contributed by atoms with Gasteiger partial charge in [0.1, 0.15) is 23.2 Å². The Balaban J connectivity index is 1.92. The first-order chi connectivity index (χ1) is 12.4. The predicted molar refractivity (Wildman–Crippen MR) is 93.4 cm³/mol. The van der Waals surface area contributed by atoms with Crippen LogP contribution in [0.3, 0.4) is 0 Å². The number of furan rings is 1. The maximum atomic E-state index is 11.8. The van der Waals surface area contributed by atoms with Gasteiger partial charge in [-0.3, -0.25) is 14.4 Å². The summed E-state index contributed by atoms with van der Waals surface area (Å²) < 4.78 is 5.33. The molecule has 0 saturated carbocycles. The molecule has 9 heteroatoms. The molecule has 0 radical (unpaired) electrons. The number of hydrogen-bond donors (Lipinski definition) is 3. The summed E-state index contributed by atoms with van der Waals surface area (Å²) in [6.07, 6.45) is 1.18. The highest BCUT2D eigenvalue weighted by Gasteiger charge is 2.14. The molecule has 1 heterocycles. The molecule has 1 aromatic carbocycles. The summed E-state index contributed by atoms with van der Waals surface area (Å²) in [6, 6.07) is 11.0. The van der Waals surface area contributed by atoms with E-state index >= 15 is 0 Å². The van der Waals surface area contributed by atoms with Gasteiger partial charge in [-0.05, 0) is 30.3 Å². The highest BCUT2D eigenvalue weighted by molar-refractivity contribution is 6.39. The Labute approximate surface area is 153 Å². The maximum absolute atomic E-state index is 11.8. The van der Waals surface area contributed by atoms with Crippen LogP contribution in [0.2, 0.25) is 5.02 Å². The van der Waals surface area contributed by atoms with E-state index in [2.05, 4.69) is 10.6 Å². The lowest BCUT2D eigenvalue weighted by molar-refractivity contribution is -0.136. The second-order valence-corrected chi connectivity index (χ2v) is 5.42. The van der Waals surface area contributed by atoms with Gasteiger partial charge in [0.25, 0.3) is 5.91 Å². The van der Waals surface area contributed by atoms with Crippen molar-refractivity contribution in [3.63, 3.8) is 0 Å². The van der Waals surface area contributed by atoms with Crippen LogP contribution in [0.4, 0.5) is 5.69 Å². The van der Waals surface area contributed by atoms with Crippen molar-refractivity contribution in [2.45, 2.75) is 6.54 Å². The fraction of sp³-hybridized carbons (Fsp3) is 0.0588. The highest BCUT2D eigenvalue weighted by Crippen LogP contribution is 2.15. The van der Waals surface area contributed by atoms with Crippen molar-refractivity contribution in [1.82, 2.24) is 5.32 Å². The van der Waals surface area contributed by atoms with Gasteiger partial charge in [-0.2, -0.15) is 5.26 Å². The third-order valence-corrected chi connectivity index (χ3v) is 3.30. The van der Waals surface area contributed by atoms with Crippen LogP contribution in [-0.2, 0) is 20.9 Å². The van der Waals surface area contributed by atoms with Crippen molar-refractivity contribution in [2.75, 3.05) is 5.32 Å². The number of carbonyl (C=O) groups excluding carboxylic acids is 3. The lowest BCUT2D eigenvalue weighted by Gasteiger charge is -2.05. The quantitative estimate of drug-likeness (QED) is 0.415. The Kier molecular flexibility index (Phi) is 6.14. The lowest BCUT2D eigenvalue weighted by atomic mass is 10.2. The fourth-order valence-corrected chi connectivity index (χ4v) is 2.06. The second-order valence-electron chi connectivity index (χ2n) is 4.99. The standard InChI is InChI=1S/C17H13ClN4O4/c18-11-2-1-3-12(7-11)22-17(25)16(24)21-9-14-5-4-13(26-14)6-10(8-19)15(20)23/h1-7H,9H2,(H2,20,23)(H,21,24)(H,22,25)/b10-6-. The van der Waals surface area contributed by atoms with Crippen LogP contribution in [0.5, 0.6) is 0 Å². The van der Waals surface area contributed by atoms with Crippen LogP contribution < -0.4 is 16.4 Å². The van der Waals surface area contributed by atoms with Gasteiger partial charge in [-0.15, -0.1) is 0 Å². The molecule has 8 nitrogen and oxygen atoms in total. The predicted octanol–water partition coefficient (Wildman–Crippen LogP) is 1.58. The molecule has 3 amide bonds. The Bertz CT molecular complexity index is 927. The zero-order valence-corrected chi connectivity index (χ0v) is 14.0. The number of nitriles is 1. The number of hydrogen-bond acceptors (Lipinski definition) is 5. The van der Waals surface area contributed by atoms with Gasteiger partial charge in [0.15, 0.2) is 0 Å². The van der Waals surface area contributed by atoms with E-state index in [1.165, 1.54) is 24.3 Å². The van der Waals surface area contributed by atoms with E-state index in [1.54, 1.807) is 24.3 Å². The summed E-state index contributed by atoms with van der Waals surface area (Å²) in [4.78, 5) is 34.6. The fourth-order valence-electron chi connectivity index (χ4n) is 1.87. The maximum Gasteiger partial charge on any atom is 0.313 e. The molecule has 2 aromatic rings. The van der Waals surface area contributed by atoms with Crippen LogP contribution in [0.1, 0.15) is 11.5 Å². The number of carbonyl (C=O) groups is 3. The monoisotopic (exact) mass is 372 g/mol. The molecular formula is C17H13ClN4O4. The SMILES string of the molecule is N#C/C(=C/c1ccc(CNC(=O)C(=O)Nc2cccc(Cl)c2)o1)C(N)=O. The van der Waals surface area contributed by atoms with E-state index in [-0.39, 0.29) is 17.9 Å². The molecule has 0 spiro atoms. The van der Waals surface area contributed by atoms with Crippen LogP contribution >= 0.6 is 11.6 Å². The molecule has 0 aliphatic carbocycles. The van der Waals surface area contributed by atoms with Crippen LogP contribution in [-0.4, -0.2) is 17.7 Å². The van der Waals surface area contributed by atoms with Gasteiger partial charge >= 0.3 is 11.8 Å². The Morgan fingerprint density at radius 1 is 1.23 bits per heavy atom. The molecule has 0 aliphatic heterocycles. The Hall–Kier alpha value is -3.57.